The predicted octanol–water partition coefficient (Wildman–Crippen LogP) is 2.98. The highest BCUT2D eigenvalue weighted by Crippen LogP contribution is 2.52. The first-order valence-electron chi connectivity index (χ1n) is 4.29. The Kier molecular flexibility index (Phi) is 6.86. The van der Waals surface area contributed by atoms with Crippen molar-refractivity contribution < 1.29 is 0 Å². The van der Waals surface area contributed by atoms with Crippen LogP contribution in [0.2, 0.25) is 0 Å². The Morgan fingerprint density at radius 3 is 0.900 bits per heavy atom. The molecule has 0 bridgehead atoms. The van der Waals surface area contributed by atoms with E-state index in [0.717, 1.165) is 0 Å². The van der Waals surface area contributed by atoms with Crippen LogP contribution in [0.4, 0.5) is 0 Å². The lowest BCUT2D eigenvalue weighted by Crippen LogP contribution is -1.94. The maximum absolute atomic E-state index is 2.36. The summed E-state index contributed by atoms with van der Waals surface area (Å²) in [5, 5.41) is 0. The van der Waals surface area contributed by atoms with Gasteiger partial charge in [-0.2, -0.15) is 0 Å². The van der Waals surface area contributed by atoms with E-state index in [1.54, 1.807) is 0 Å². The fourth-order valence-corrected chi connectivity index (χ4v) is 8.54. The standard InChI is InChI=1S/C8H22S2/c1-5-9(6-2)10(7-3)8-4/h9-10H,5-8H2,1-4H3. The highest BCUT2D eigenvalue weighted by Gasteiger charge is 2.04. The van der Waals surface area contributed by atoms with Crippen LogP contribution >= 0.6 is 19.9 Å². The van der Waals surface area contributed by atoms with Crippen molar-refractivity contribution in [2.75, 3.05) is 23.0 Å². The van der Waals surface area contributed by atoms with Crippen LogP contribution < -0.4 is 0 Å². The van der Waals surface area contributed by atoms with E-state index in [2.05, 4.69) is 27.7 Å². The molecule has 0 aromatic heterocycles. The maximum Gasteiger partial charge on any atom is -0.0211 e. The van der Waals surface area contributed by atoms with Crippen molar-refractivity contribution >= 4 is 19.9 Å². The fraction of sp³-hybridized carbons (Fsp3) is 1.00. The van der Waals surface area contributed by atoms with E-state index >= 15 is 0 Å². The molecule has 0 aromatic carbocycles. The Hall–Kier alpha value is 0.700. The predicted molar refractivity (Wildman–Crippen MR) is 60.1 cm³/mol. The van der Waals surface area contributed by atoms with Gasteiger partial charge in [-0.05, 0) is 23.0 Å². The molecule has 66 valence electrons. The first kappa shape index (κ1) is 10.7. The molecule has 0 fully saturated rings. The zero-order valence-electron chi connectivity index (χ0n) is 7.72. The van der Waals surface area contributed by atoms with Gasteiger partial charge >= 0.3 is 0 Å². The van der Waals surface area contributed by atoms with Crippen LogP contribution in [0.1, 0.15) is 27.7 Å². The second-order valence-electron chi connectivity index (χ2n) is 2.28. The molecule has 0 atom stereocenters. The zero-order chi connectivity index (χ0) is 7.98. The average molecular weight is 182 g/mol. The summed E-state index contributed by atoms with van der Waals surface area (Å²) in [6, 6.07) is 0. The second-order valence-corrected chi connectivity index (χ2v) is 10.2. The van der Waals surface area contributed by atoms with Gasteiger partial charge < -0.3 is 0 Å². The average Bonchev–Trinajstić information content (AvgIpc) is 2.00. The molecular weight excluding hydrogens is 160 g/mol. The first-order chi connectivity index (χ1) is 4.79. The molecule has 0 heterocycles. The van der Waals surface area contributed by atoms with E-state index in [1.807, 2.05) is 0 Å². The van der Waals surface area contributed by atoms with Gasteiger partial charge in [-0.1, -0.05) is 27.7 Å². The molecule has 0 amide bonds. The van der Waals surface area contributed by atoms with Crippen LogP contribution in [-0.2, 0) is 0 Å². The number of hydrogen-bond acceptors (Lipinski definition) is 0. The van der Waals surface area contributed by atoms with Gasteiger partial charge in [0.25, 0.3) is 0 Å². The quantitative estimate of drug-likeness (QED) is 0.474. The molecule has 0 nitrogen and oxygen atoms in total. The number of hydrogen-bond donors (Lipinski definition) is 2. The van der Waals surface area contributed by atoms with Gasteiger partial charge in [0.05, 0.1) is 0 Å². The Morgan fingerprint density at radius 1 is 0.600 bits per heavy atom. The molecule has 0 saturated carbocycles. The zero-order valence-corrected chi connectivity index (χ0v) is 9.51. The molecule has 0 aliphatic rings. The molecule has 0 saturated heterocycles. The monoisotopic (exact) mass is 182 g/mol. The number of rotatable bonds is 5. The first-order valence-corrected chi connectivity index (χ1v) is 8.42. The summed E-state index contributed by atoms with van der Waals surface area (Å²) in [7, 11) is 0.890. The smallest absolute Gasteiger partial charge is 0.0211 e. The summed E-state index contributed by atoms with van der Waals surface area (Å²) in [4.78, 5) is 0. The highest BCUT2D eigenvalue weighted by atomic mass is 33.2. The van der Waals surface area contributed by atoms with Gasteiger partial charge in [-0.15, -0.1) is 0 Å². The molecule has 0 aliphatic carbocycles. The summed E-state index contributed by atoms with van der Waals surface area (Å²) >= 11 is 0. The Labute approximate surface area is 70.9 Å². The third-order valence-electron chi connectivity index (χ3n) is 1.86. The van der Waals surface area contributed by atoms with E-state index in [4.69, 9.17) is 0 Å². The van der Waals surface area contributed by atoms with E-state index in [1.165, 1.54) is 23.0 Å². The van der Waals surface area contributed by atoms with Gasteiger partial charge in [-0.25, -0.2) is 19.9 Å². The van der Waals surface area contributed by atoms with Crippen LogP contribution in [0.15, 0.2) is 0 Å². The van der Waals surface area contributed by atoms with Crippen molar-refractivity contribution in [3.63, 3.8) is 0 Å². The van der Waals surface area contributed by atoms with Crippen molar-refractivity contribution in [3.8, 4) is 0 Å². The van der Waals surface area contributed by atoms with Crippen molar-refractivity contribution in [2.24, 2.45) is 0 Å². The van der Waals surface area contributed by atoms with E-state index in [-0.39, 0.29) is 0 Å². The minimum atomic E-state index is 0.445. The summed E-state index contributed by atoms with van der Waals surface area (Å²) in [5.41, 5.74) is 0. The summed E-state index contributed by atoms with van der Waals surface area (Å²) < 4.78 is 0. The van der Waals surface area contributed by atoms with Crippen LogP contribution in [0.3, 0.4) is 0 Å². The van der Waals surface area contributed by atoms with Crippen LogP contribution in [0.5, 0.6) is 0 Å². The van der Waals surface area contributed by atoms with Gasteiger partial charge in [-0.3, -0.25) is 0 Å². The normalized spacial score (nSPS) is 13.2. The minimum Gasteiger partial charge on any atom is -0.225 e. The third kappa shape index (κ3) is 3.20. The molecule has 2 heteroatoms. The van der Waals surface area contributed by atoms with Gasteiger partial charge in [0.1, 0.15) is 0 Å². The van der Waals surface area contributed by atoms with Gasteiger partial charge in [0, 0.05) is 0 Å². The fourth-order valence-electron chi connectivity index (χ4n) is 1.25. The molecule has 0 N–H and O–H groups in total. The summed E-state index contributed by atoms with van der Waals surface area (Å²) in [6.07, 6.45) is 0. The third-order valence-corrected chi connectivity index (χ3v) is 11.4. The highest BCUT2D eigenvalue weighted by molar-refractivity contribution is 8.92. The van der Waals surface area contributed by atoms with E-state index < -0.39 is 0 Å². The molecule has 0 aliphatic heterocycles. The van der Waals surface area contributed by atoms with E-state index in [0.29, 0.717) is 19.9 Å². The maximum atomic E-state index is 2.36. The van der Waals surface area contributed by atoms with Gasteiger partial charge in [0.15, 0.2) is 0 Å². The summed E-state index contributed by atoms with van der Waals surface area (Å²) in [6.45, 7) is 9.43. The molecule has 0 unspecified atom stereocenters. The molecular formula is C8H22S2. The van der Waals surface area contributed by atoms with Crippen molar-refractivity contribution in [2.45, 2.75) is 27.7 Å². The van der Waals surface area contributed by atoms with Crippen LogP contribution in [-0.4, -0.2) is 23.0 Å². The minimum absolute atomic E-state index is 0.445. The molecule has 0 spiro atoms. The second kappa shape index (κ2) is 6.41. The van der Waals surface area contributed by atoms with E-state index in [9.17, 15) is 0 Å². The Bertz CT molecular complexity index is 55.7. The summed E-state index contributed by atoms with van der Waals surface area (Å²) in [5.74, 6) is 5.83. The van der Waals surface area contributed by atoms with Gasteiger partial charge in [0.2, 0.25) is 0 Å². The number of thiol groups is 2. The topological polar surface area (TPSA) is 0 Å². The van der Waals surface area contributed by atoms with Crippen molar-refractivity contribution in [1.82, 2.24) is 0 Å². The lowest BCUT2D eigenvalue weighted by molar-refractivity contribution is 1.43. The molecule has 0 rings (SSSR count). The lowest BCUT2D eigenvalue weighted by Gasteiger charge is -2.31. The van der Waals surface area contributed by atoms with Crippen molar-refractivity contribution in [3.05, 3.63) is 0 Å². The van der Waals surface area contributed by atoms with Crippen LogP contribution in [0, 0.1) is 0 Å². The Morgan fingerprint density at radius 2 is 0.800 bits per heavy atom. The largest absolute Gasteiger partial charge is 0.225 e. The Balaban J connectivity index is 3.70. The molecule has 10 heavy (non-hydrogen) atoms. The lowest BCUT2D eigenvalue weighted by atomic mass is 11.0. The van der Waals surface area contributed by atoms with Crippen molar-refractivity contribution in [1.29, 1.82) is 0 Å². The van der Waals surface area contributed by atoms with Crippen LogP contribution in [0.25, 0.3) is 0 Å². The molecule has 0 radical (unpaired) electrons. The SMILES string of the molecule is CC[SH](CC)[SH](CC)CC. The molecule has 0 aromatic rings.